The lowest BCUT2D eigenvalue weighted by Gasteiger charge is -2.35. The Kier molecular flexibility index (Phi) is 8.30. The van der Waals surface area contributed by atoms with Crippen molar-refractivity contribution in [2.24, 2.45) is 12.0 Å². The van der Waals surface area contributed by atoms with E-state index in [9.17, 15) is 4.79 Å². The minimum absolute atomic E-state index is 0. The summed E-state index contributed by atoms with van der Waals surface area (Å²) in [6.07, 6.45) is 5.79. The Balaban J connectivity index is 0.00000272. The number of piperazine rings is 1. The van der Waals surface area contributed by atoms with E-state index >= 15 is 0 Å². The van der Waals surface area contributed by atoms with E-state index in [0.29, 0.717) is 13.1 Å². The highest BCUT2D eigenvalue weighted by Gasteiger charge is 2.27. The summed E-state index contributed by atoms with van der Waals surface area (Å²) in [6.45, 7) is 5.79. The van der Waals surface area contributed by atoms with Crippen LogP contribution >= 0.6 is 24.0 Å². The molecule has 0 radical (unpaired) electrons. The fourth-order valence-electron chi connectivity index (χ4n) is 4.25. The number of benzene rings is 1. The molecule has 0 aliphatic carbocycles. The van der Waals surface area contributed by atoms with Gasteiger partial charge in [0.25, 0.3) is 0 Å². The number of aromatic nitrogens is 2. The van der Waals surface area contributed by atoms with Crippen LogP contribution in [0.2, 0.25) is 0 Å². The van der Waals surface area contributed by atoms with Crippen LogP contribution in [0.5, 0.6) is 0 Å². The molecule has 4 rings (SSSR count). The molecule has 3 heterocycles. The van der Waals surface area contributed by atoms with E-state index in [4.69, 9.17) is 0 Å². The molecule has 8 nitrogen and oxygen atoms in total. The van der Waals surface area contributed by atoms with Gasteiger partial charge in [-0.3, -0.25) is 19.4 Å². The van der Waals surface area contributed by atoms with E-state index in [-0.39, 0.29) is 29.9 Å². The van der Waals surface area contributed by atoms with Crippen molar-refractivity contribution in [3.63, 3.8) is 0 Å². The molecule has 1 amide bonds. The van der Waals surface area contributed by atoms with Gasteiger partial charge < -0.3 is 15.1 Å². The number of hydrogen-bond acceptors (Lipinski definition) is 4. The maximum atomic E-state index is 12.6. The Hall–Kier alpha value is -2.14. The number of amides is 1. The molecule has 0 unspecified atom stereocenters. The Labute approximate surface area is 201 Å². The molecule has 1 aromatic heterocycles. The monoisotopic (exact) mass is 537 g/mol. The maximum Gasteiger partial charge on any atom is 0.246 e. The molecule has 1 aromatic carbocycles. The molecule has 0 spiro atoms. The van der Waals surface area contributed by atoms with Crippen molar-refractivity contribution in [2.75, 3.05) is 51.2 Å². The van der Waals surface area contributed by atoms with Gasteiger partial charge in [-0.15, -0.1) is 24.0 Å². The van der Waals surface area contributed by atoms with Crippen LogP contribution in [-0.2, 0) is 24.8 Å². The molecule has 1 saturated heterocycles. The van der Waals surface area contributed by atoms with Gasteiger partial charge in [-0.05, 0) is 24.0 Å². The number of aryl methyl sites for hydroxylation is 1. The lowest BCUT2D eigenvalue weighted by molar-refractivity contribution is -0.120. The van der Waals surface area contributed by atoms with Gasteiger partial charge in [-0.25, -0.2) is 0 Å². The minimum atomic E-state index is 0. The van der Waals surface area contributed by atoms with Crippen molar-refractivity contribution in [1.82, 2.24) is 24.9 Å². The molecular formula is C22H32IN7O. The predicted octanol–water partition coefficient (Wildman–Crippen LogP) is 1.71. The molecule has 2 aromatic rings. The van der Waals surface area contributed by atoms with Crippen molar-refractivity contribution < 1.29 is 4.79 Å². The first-order valence-corrected chi connectivity index (χ1v) is 10.7. The summed E-state index contributed by atoms with van der Waals surface area (Å²) in [5.74, 6) is 0.877. The summed E-state index contributed by atoms with van der Waals surface area (Å²) in [4.78, 5) is 23.4. The average Bonchev–Trinajstić information content (AvgIpc) is 3.19. The first-order valence-electron chi connectivity index (χ1n) is 10.7. The summed E-state index contributed by atoms with van der Waals surface area (Å²) < 4.78 is 1.72. The fraction of sp³-hybridized carbons (Fsp3) is 0.500. The zero-order chi connectivity index (χ0) is 20.9. The highest BCUT2D eigenvalue weighted by atomic mass is 127. The molecule has 0 saturated carbocycles. The number of hydrogen-bond donors (Lipinski definition) is 1. The van der Waals surface area contributed by atoms with Gasteiger partial charge in [0.1, 0.15) is 6.54 Å². The minimum Gasteiger partial charge on any atom is -0.356 e. The normalized spacial score (nSPS) is 17.4. The van der Waals surface area contributed by atoms with Crippen molar-refractivity contribution in [2.45, 2.75) is 19.4 Å². The number of fused-ring (bicyclic) bond motifs is 1. The Bertz CT molecular complexity index is 913. The zero-order valence-electron chi connectivity index (χ0n) is 18.3. The molecule has 2 aliphatic heterocycles. The second kappa shape index (κ2) is 10.9. The second-order valence-corrected chi connectivity index (χ2v) is 7.96. The molecule has 9 heteroatoms. The molecule has 168 valence electrons. The number of aliphatic imine (C=N–C) groups is 1. The third kappa shape index (κ3) is 5.76. The first-order chi connectivity index (χ1) is 14.6. The standard InChI is InChI=1S/C22H31N7O.HI/c1-23-22(28-12-13-29(21(30)17-28)20-14-25-26(2)16-20)24-9-5-10-27-11-8-18-6-3-4-7-19(18)15-27;/h3-4,6-7,14,16H,5,8-13,15,17H2,1-2H3,(H,23,24);1H. The van der Waals surface area contributed by atoms with Crippen molar-refractivity contribution in [3.8, 4) is 0 Å². The number of rotatable bonds is 5. The quantitative estimate of drug-likeness (QED) is 0.272. The highest BCUT2D eigenvalue weighted by molar-refractivity contribution is 14.0. The third-order valence-corrected chi connectivity index (χ3v) is 5.88. The lowest BCUT2D eigenvalue weighted by Crippen LogP contribution is -2.55. The molecule has 31 heavy (non-hydrogen) atoms. The maximum absolute atomic E-state index is 12.6. The van der Waals surface area contributed by atoms with E-state index in [0.717, 1.165) is 57.2 Å². The van der Waals surface area contributed by atoms with Crippen molar-refractivity contribution in [1.29, 1.82) is 0 Å². The first kappa shape index (κ1) is 23.5. The number of anilines is 1. The Morgan fingerprint density at radius 2 is 1.97 bits per heavy atom. The van der Waals surface area contributed by atoms with Crippen molar-refractivity contribution >= 4 is 41.5 Å². The zero-order valence-corrected chi connectivity index (χ0v) is 20.7. The smallest absolute Gasteiger partial charge is 0.246 e. The largest absolute Gasteiger partial charge is 0.356 e. The number of carbonyl (C=O) groups excluding carboxylic acids is 1. The van der Waals surface area contributed by atoms with Gasteiger partial charge in [-0.1, -0.05) is 24.3 Å². The second-order valence-electron chi connectivity index (χ2n) is 7.96. The molecule has 0 atom stereocenters. The Morgan fingerprint density at radius 3 is 2.68 bits per heavy atom. The van der Waals surface area contributed by atoms with E-state index in [1.165, 1.54) is 11.1 Å². The molecular weight excluding hydrogens is 505 g/mol. The van der Waals surface area contributed by atoms with Crippen LogP contribution < -0.4 is 10.2 Å². The number of nitrogens with zero attached hydrogens (tertiary/aromatic N) is 6. The van der Waals surface area contributed by atoms with Gasteiger partial charge >= 0.3 is 0 Å². The summed E-state index contributed by atoms with van der Waals surface area (Å²) in [6, 6.07) is 8.74. The fourth-order valence-corrected chi connectivity index (χ4v) is 4.25. The molecule has 1 N–H and O–H groups in total. The van der Waals surface area contributed by atoms with Crippen LogP contribution in [0.1, 0.15) is 17.5 Å². The highest BCUT2D eigenvalue weighted by Crippen LogP contribution is 2.18. The van der Waals surface area contributed by atoms with Crippen LogP contribution in [0, 0.1) is 0 Å². The topological polar surface area (TPSA) is 69.0 Å². The SMILES string of the molecule is CN=C(NCCCN1CCc2ccccc2C1)N1CCN(c2cnn(C)c2)C(=O)C1.I. The van der Waals surface area contributed by atoms with E-state index in [2.05, 4.69) is 44.6 Å². The number of nitrogens with one attached hydrogen (secondary N) is 1. The van der Waals surface area contributed by atoms with E-state index < -0.39 is 0 Å². The van der Waals surface area contributed by atoms with E-state index in [1.807, 2.05) is 18.1 Å². The van der Waals surface area contributed by atoms with Crippen LogP contribution in [0.4, 0.5) is 5.69 Å². The van der Waals surface area contributed by atoms with Crippen LogP contribution in [0.15, 0.2) is 41.7 Å². The van der Waals surface area contributed by atoms with E-state index in [1.54, 1.807) is 22.8 Å². The van der Waals surface area contributed by atoms with Crippen molar-refractivity contribution in [3.05, 3.63) is 47.8 Å². The summed E-state index contributed by atoms with van der Waals surface area (Å²) >= 11 is 0. The van der Waals surface area contributed by atoms with Gasteiger partial charge in [0, 0.05) is 59.6 Å². The lowest BCUT2D eigenvalue weighted by atomic mass is 10.00. The molecule has 2 aliphatic rings. The molecule has 0 bridgehead atoms. The molecule has 1 fully saturated rings. The summed E-state index contributed by atoms with van der Waals surface area (Å²) in [5, 5.41) is 7.61. The summed E-state index contributed by atoms with van der Waals surface area (Å²) in [5.41, 5.74) is 3.80. The van der Waals surface area contributed by atoms with Crippen LogP contribution in [0.3, 0.4) is 0 Å². The van der Waals surface area contributed by atoms with Gasteiger partial charge in [0.15, 0.2) is 5.96 Å². The third-order valence-electron chi connectivity index (χ3n) is 5.88. The number of guanidine groups is 1. The number of carbonyl (C=O) groups is 1. The summed E-state index contributed by atoms with van der Waals surface area (Å²) in [7, 11) is 3.64. The van der Waals surface area contributed by atoms with Gasteiger partial charge in [0.05, 0.1) is 11.9 Å². The van der Waals surface area contributed by atoms with Gasteiger partial charge in [0.2, 0.25) is 5.91 Å². The van der Waals surface area contributed by atoms with Crippen LogP contribution in [0.25, 0.3) is 0 Å². The average molecular weight is 537 g/mol. The van der Waals surface area contributed by atoms with Crippen LogP contribution in [-0.4, -0.2) is 77.8 Å². The number of halogens is 1. The predicted molar refractivity (Wildman–Crippen MR) is 134 cm³/mol. The van der Waals surface area contributed by atoms with Gasteiger partial charge in [-0.2, -0.15) is 5.10 Å². The Morgan fingerprint density at radius 1 is 1.16 bits per heavy atom.